The summed E-state index contributed by atoms with van der Waals surface area (Å²) in [6, 6.07) is 0.405. The molecule has 0 spiro atoms. The molecule has 1 aromatic rings. The molecule has 0 saturated carbocycles. The summed E-state index contributed by atoms with van der Waals surface area (Å²) in [5, 5.41) is 6.57. The highest BCUT2D eigenvalue weighted by Gasteiger charge is 2.26. The fourth-order valence-corrected chi connectivity index (χ4v) is 0.995. The highest BCUT2D eigenvalue weighted by molar-refractivity contribution is 5.17. The zero-order valence-corrected chi connectivity index (χ0v) is 8.42. The van der Waals surface area contributed by atoms with E-state index in [1.54, 1.807) is 7.05 Å². The van der Waals surface area contributed by atoms with Crippen molar-refractivity contribution in [1.82, 2.24) is 10.1 Å². The van der Waals surface area contributed by atoms with Gasteiger partial charge in [-0.15, -0.1) is 0 Å². The summed E-state index contributed by atoms with van der Waals surface area (Å²) in [5.74, 6) is 0.554. The maximum Gasteiger partial charge on any atom is 0.321 e. The Labute approximate surface area is 77.5 Å². The van der Waals surface area contributed by atoms with Crippen molar-refractivity contribution in [3.63, 3.8) is 0 Å². The molecule has 1 aromatic heterocycles. The molecule has 0 aliphatic carbocycles. The van der Waals surface area contributed by atoms with Crippen LogP contribution < -0.4 is 5.32 Å². The molecule has 0 bridgehead atoms. The van der Waals surface area contributed by atoms with Crippen molar-refractivity contribution >= 4 is 6.01 Å². The molecule has 0 aromatic carbocycles. The van der Waals surface area contributed by atoms with Gasteiger partial charge in [0.2, 0.25) is 5.82 Å². The lowest BCUT2D eigenvalue weighted by Crippen LogP contribution is -2.23. The fourth-order valence-electron chi connectivity index (χ4n) is 0.995. The Kier molecular flexibility index (Phi) is 2.87. The summed E-state index contributed by atoms with van der Waals surface area (Å²) in [6.07, 6.45) is 0. The highest BCUT2D eigenvalue weighted by atomic mass is 16.5. The smallest absolute Gasteiger partial charge is 0.321 e. The van der Waals surface area contributed by atoms with Crippen LogP contribution >= 0.6 is 0 Å². The molecule has 0 radical (unpaired) electrons. The maximum absolute atomic E-state index is 5.46. The molecule has 0 aliphatic rings. The molecule has 0 unspecified atom stereocenters. The third kappa shape index (κ3) is 2.18. The summed E-state index contributed by atoms with van der Waals surface area (Å²) in [7, 11) is 1.73. The van der Waals surface area contributed by atoms with E-state index < -0.39 is 5.60 Å². The third-order valence-electron chi connectivity index (χ3n) is 1.68. The largest absolute Gasteiger partial charge is 0.368 e. The predicted molar refractivity (Wildman–Crippen MR) is 48.5 cm³/mol. The first-order valence-corrected chi connectivity index (χ1v) is 4.26. The monoisotopic (exact) mass is 185 g/mol. The average Bonchev–Trinajstić information content (AvgIpc) is 2.52. The number of anilines is 1. The van der Waals surface area contributed by atoms with Crippen molar-refractivity contribution in [1.29, 1.82) is 0 Å². The highest BCUT2D eigenvalue weighted by Crippen LogP contribution is 2.22. The molecule has 74 valence electrons. The van der Waals surface area contributed by atoms with E-state index in [0.717, 1.165) is 0 Å². The second-order valence-electron chi connectivity index (χ2n) is 3.12. The lowest BCUT2D eigenvalue weighted by Gasteiger charge is -2.19. The minimum absolute atomic E-state index is 0.405. The van der Waals surface area contributed by atoms with Gasteiger partial charge in [-0.2, -0.15) is 4.98 Å². The van der Waals surface area contributed by atoms with E-state index in [9.17, 15) is 0 Å². The van der Waals surface area contributed by atoms with E-state index in [1.807, 2.05) is 20.8 Å². The second-order valence-corrected chi connectivity index (χ2v) is 3.12. The van der Waals surface area contributed by atoms with Crippen LogP contribution in [0.15, 0.2) is 4.52 Å². The number of nitrogens with one attached hydrogen (secondary N) is 1. The van der Waals surface area contributed by atoms with Crippen molar-refractivity contribution in [2.24, 2.45) is 0 Å². The van der Waals surface area contributed by atoms with E-state index in [0.29, 0.717) is 18.4 Å². The van der Waals surface area contributed by atoms with E-state index in [2.05, 4.69) is 15.5 Å². The van der Waals surface area contributed by atoms with Gasteiger partial charge in [0, 0.05) is 13.7 Å². The molecular weight excluding hydrogens is 170 g/mol. The van der Waals surface area contributed by atoms with Crippen molar-refractivity contribution in [3.8, 4) is 0 Å². The predicted octanol–water partition coefficient (Wildman–Crippen LogP) is 1.38. The molecular formula is C8H15N3O2. The summed E-state index contributed by atoms with van der Waals surface area (Å²) < 4.78 is 10.4. The summed E-state index contributed by atoms with van der Waals surface area (Å²) in [6.45, 7) is 6.36. The van der Waals surface area contributed by atoms with Crippen LogP contribution in [0.5, 0.6) is 0 Å². The van der Waals surface area contributed by atoms with Crippen LogP contribution in [-0.4, -0.2) is 23.8 Å². The van der Waals surface area contributed by atoms with Crippen LogP contribution in [0.4, 0.5) is 6.01 Å². The normalized spacial score (nSPS) is 11.7. The molecule has 0 fully saturated rings. The molecule has 5 heteroatoms. The Hall–Kier alpha value is -1.10. The van der Waals surface area contributed by atoms with Gasteiger partial charge in [-0.1, -0.05) is 5.16 Å². The van der Waals surface area contributed by atoms with Gasteiger partial charge in [0.15, 0.2) is 0 Å². The number of nitrogens with zero attached hydrogens (tertiary/aromatic N) is 2. The Bertz CT molecular complexity index is 270. The molecule has 1 heterocycles. The minimum Gasteiger partial charge on any atom is -0.368 e. The van der Waals surface area contributed by atoms with Crippen molar-refractivity contribution in [2.75, 3.05) is 19.0 Å². The van der Waals surface area contributed by atoms with Crippen LogP contribution in [-0.2, 0) is 10.3 Å². The second kappa shape index (κ2) is 3.74. The Morgan fingerprint density at radius 1 is 1.54 bits per heavy atom. The molecule has 0 atom stereocenters. The van der Waals surface area contributed by atoms with Crippen LogP contribution in [0.3, 0.4) is 0 Å². The number of hydrogen-bond donors (Lipinski definition) is 1. The van der Waals surface area contributed by atoms with E-state index in [4.69, 9.17) is 9.26 Å². The number of hydrogen-bond acceptors (Lipinski definition) is 5. The van der Waals surface area contributed by atoms with Gasteiger partial charge >= 0.3 is 6.01 Å². The Morgan fingerprint density at radius 3 is 2.69 bits per heavy atom. The fraction of sp³-hybridized carbons (Fsp3) is 0.750. The molecule has 1 rings (SSSR count). The number of ether oxygens (including phenoxy) is 1. The van der Waals surface area contributed by atoms with Gasteiger partial charge in [0.1, 0.15) is 5.60 Å². The average molecular weight is 185 g/mol. The molecule has 0 saturated heterocycles. The summed E-state index contributed by atoms with van der Waals surface area (Å²) in [5.41, 5.74) is -0.493. The topological polar surface area (TPSA) is 60.2 Å². The van der Waals surface area contributed by atoms with E-state index in [1.165, 1.54) is 0 Å². The lowest BCUT2D eigenvalue weighted by atomic mass is 10.1. The molecule has 0 amide bonds. The van der Waals surface area contributed by atoms with Crippen LogP contribution in [0.2, 0.25) is 0 Å². The molecule has 13 heavy (non-hydrogen) atoms. The minimum atomic E-state index is -0.493. The number of aromatic nitrogens is 2. The summed E-state index contributed by atoms with van der Waals surface area (Å²) >= 11 is 0. The van der Waals surface area contributed by atoms with Gasteiger partial charge in [-0.3, -0.25) is 0 Å². The van der Waals surface area contributed by atoms with Crippen molar-refractivity contribution in [2.45, 2.75) is 26.4 Å². The number of rotatable bonds is 4. The van der Waals surface area contributed by atoms with Crippen LogP contribution in [0, 0.1) is 0 Å². The zero-order valence-electron chi connectivity index (χ0n) is 8.42. The standard InChI is InChI=1S/C8H15N3O2/c1-5-12-8(2,3)6-10-7(9-4)13-11-6/h5H2,1-4H3,(H,9,10,11). The van der Waals surface area contributed by atoms with Gasteiger partial charge in [-0.05, 0) is 20.8 Å². The quantitative estimate of drug-likeness (QED) is 0.767. The van der Waals surface area contributed by atoms with Crippen molar-refractivity contribution in [3.05, 3.63) is 5.82 Å². The first kappa shape index (κ1) is 9.98. The Morgan fingerprint density at radius 2 is 2.23 bits per heavy atom. The molecule has 1 N–H and O–H groups in total. The van der Waals surface area contributed by atoms with Crippen molar-refractivity contribution < 1.29 is 9.26 Å². The summed E-state index contributed by atoms with van der Waals surface area (Å²) in [4.78, 5) is 4.11. The van der Waals surface area contributed by atoms with Gasteiger partial charge in [-0.25, -0.2) is 0 Å². The van der Waals surface area contributed by atoms with Gasteiger partial charge < -0.3 is 14.6 Å². The SMILES string of the molecule is CCOC(C)(C)c1noc(NC)n1. The third-order valence-corrected chi connectivity index (χ3v) is 1.68. The maximum atomic E-state index is 5.46. The van der Waals surface area contributed by atoms with Crippen LogP contribution in [0.25, 0.3) is 0 Å². The Balaban J connectivity index is 2.80. The van der Waals surface area contributed by atoms with Crippen LogP contribution in [0.1, 0.15) is 26.6 Å². The lowest BCUT2D eigenvalue weighted by molar-refractivity contribution is -0.0221. The van der Waals surface area contributed by atoms with E-state index in [-0.39, 0.29) is 0 Å². The first-order chi connectivity index (χ1) is 6.10. The zero-order chi connectivity index (χ0) is 9.90. The van der Waals surface area contributed by atoms with Gasteiger partial charge in [0.05, 0.1) is 0 Å². The van der Waals surface area contributed by atoms with E-state index >= 15 is 0 Å². The molecule has 0 aliphatic heterocycles. The molecule has 5 nitrogen and oxygen atoms in total. The first-order valence-electron chi connectivity index (χ1n) is 4.26. The van der Waals surface area contributed by atoms with Gasteiger partial charge in [0.25, 0.3) is 0 Å².